The summed E-state index contributed by atoms with van der Waals surface area (Å²) in [5, 5.41) is 0.974. The zero-order chi connectivity index (χ0) is 18.2. The van der Waals surface area contributed by atoms with E-state index in [1.807, 2.05) is 39.1 Å². The first-order valence-electron chi connectivity index (χ1n) is 7.96. The predicted molar refractivity (Wildman–Crippen MR) is 102 cm³/mol. The van der Waals surface area contributed by atoms with Crippen molar-refractivity contribution in [1.82, 2.24) is 15.0 Å². The smallest absolute Gasteiger partial charge is 0.171 e. The predicted octanol–water partition coefficient (Wildman–Crippen LogP) is 4.12. The van der Waals surface area contributed by atoms with E-state index in [-0.39, 0.29) is 5.78 Å². The SMILES string of the molecule is C=C(/C=N\c1[nH]cc(C(=O)C(C)(C)C)c1N)c1c[nH]c2ncccc12. The van der Waals surface area contributed by atoms with Gasteiger partial charge in [0.2, 0.25) is 0 Å². The molecule has 0 spiro atoms. The molecule has 25 heavy (non-hydrogen) atoms. The van der Waals surface area contributed by atoms with Gasteiger partial charge in [-0.25, -0.2) is 9.98 Å². The van der Waals surface area contributed by atoms with Gasteiger partial charge in [-0.1, -0.05) is 27.4 Å². The molecule has 3 aromatic rings. The third-order valence-electron chi connectivity index (χ3n) is 3.97. The van der Waals surface area contributed by atoms with E-state index >= 15 is 0 Å². The number of H-pyrrole nitrogens is 2. The average molecular weight is 335 g/mol. The third kappa shape index (κ3) is 3.10. The minimum absolute atomic E-state index is 0.0239. The lowest BCUT2D eigenvalue weighted by molar-refractivity contribution is 0.0859. The maximum absolute atomic E-state index is 12.4. The molecule has 0 aromatic carbocycles. The van der Waals surface area contributed by atoms with Gasteiger partial charge in [0.05, 0.1) is 11.3 Å². The van der Waals surface area contributed by atoms with Gasteiger partial charge in [-0.15, -0.1) is 0 Å². The highest BCUT2D eigenvalue weighted by molar-refractivity contribution is 6.14. The fraction of sp³-hybridized carbons (Fsp3) is 0.211. The summed E-state index contributed by atoms with van der Waals surface area (Å²) in [7, 11) is 0. The number of pyridine rings is 1. The molecule has 0 aliphatic rings. The second kappa shape index (κ2) is 6.05. The van der Waals surface area contributed by atoms with Crippen molar-refractivity contribution >= 4 is 40.1 Å². The van der Waals surface area contributed by atoms with E-state index in [1.165, 1.54) is 0 Å². The summed E-state index contributed by atoms with van der Waals surface area (Å²) in [6, 6.07) is 3.84. The number of nitrogens with two attached hydrogens (primary N) is 1. The van der Waals surface area contributed by atoms with Gasteiger partial charge in [0.1, 0.15) is 5.65 Å². The molecule has 0 unspecified atom stereocenters. The second-order valence-electron chi connectivity index (χ2n) is 6.93. The van der Waals surface area contributed by atoms with Crippen LogP contribution >= 0.6 is 0 Å². The summed E-state index contributed by atoms with van der Waals surface area (Å²) < 4.78 is 0. The van der Waals surface area contributed by atoms with Gasteiger partial charge in [0, 0.05) is 41.2 Å². The first-order chi connectivity index (χ1) is 11.8. The maximum Gasteiger partial charge on any atom is 0.171 e. The molecule has 0 atom stereocenters. The fourth-order valence-corrected chi connectivity index (χ4v) is 2.56. The molecule has 3 aromatic heterocycles. The van der Waals surface area contributed by atoms with Gasteiger partial charge in [0.15, 0.2) is 11.6 Å². The van der Waals surface area contributed by atoms with Crippen molar-refractivity contribution in [2.75, 3.05) is 5.73 Å². The van der Waals surface area contributed by atoms with Gasteiger partial charge in [-0.2, -0.15) is 0 Å². The lowest BCUT2D eigenvalue weighted by Gasteiger charge is -2.15. The fourth-order valence-electron chi connectivity index (χ4n) is 2.56. The van der Waals surface area contributed by atoms with Crippen molar-refractivity contribution in [3.63, 3.8) is 0 Å². The summed E-state index contributed by atoms with van der Waals surface area (Å²) in [4.78, 5) is 27.1. The number of carbonyl (C=O) groups excluding carboxylic acids is 1. The highest BCUT2D eigenvalue weighted by Crippen LogP contribution is 2.31. The van der Waals surface area contributed by atoms with Gasteiger partial charge in [0.25, 0.3) is 0 Å². The van der Waals surface area contributed by atoms with Crippen LogP contribution in [0.3, 0.4) is 0 Å². The van der Waals surface area contributed by atoms with Crippen molar-refractivity contribution in [2.24, 2.45) is 10.4 Å². The van der Waals surface area contributed by atoms with Crippen LogP contribution in [0.25, 0.3) is 16.6 Å². The van der Waals surface area contributed by atoms with Crippen LogP contribution in [0.15, 0.2) is 42.3 Å². The molecule has 3 heterocycles. The second-order valence-corrected chi connectivity index (χ2v) is 6.93. The number of ketones is 1. The number of nitrogens with one attached hydrogen (secondary N) is 2. The molecular formula is C19H21N5O. The van der Waals surface area contributed by atoms with Crippen LogP contribution in [-0.2, 0) is 0 Å². The van der Waals surface area contributed by atoms with Crippen molar-refractivity contribution in [3.05, 3.63) is 48.4 Å². The van der Waals surface area contributed by atoms with E-state index in [4.69, 9.17) is 5.73 Å². The largest absolute Gasteiger partial charge is 0.395 e. The summed E-state index contributed by atoms with van der Waals surface area (Å²) >= 11 is 0. The van der Waals surface area contributed by atoms with E-state index in [2.05, 4.69) is 26.5 Å². The van der Waals surface area contributed by atoms with Crippen molar-refractivity contribution in [3.8, 4) is 0 Å². The zero-order valence-electron chi connectivity index (χ0n) is 14.6. The number of aliphatic imine (C=N–C) groups is 1. The Kier molecular flexibility index (Phi) is 4.04. The van der Waals surface area contributed by atoms with E-state index in [9.17, 15) is 4.79 Å². The molecule has 0 saturated carbocycles. The summed E-state index contributed by atoms with van der Waals surface area (Å²) in [6.07, 6.45) is 6.81. The molecule has 6 nitrogen and oxygen atoms in total. The average Bonchev–Trinajstić information content (AvgIpc) is 3.15. The Bertz CT molecular complexity index is 985. The van der Waals surface area contributed by atoms with Gasteiger partial charge in [-0.05, 0) is 17.7 Å². The normalized spacial score (nSPS) is 12.1. The number of hydrogen-bond donors (Lipinski definition) is 3. The number of fused-ring (bicyclic) bond motifs is 1. The number of aromatic amines is 2. The van der Waals surface area contributed by atoms with Crippen LogP contribution in [0, 0.1) is 5.41 Å². The number of hydrogen-bond acceptors (Lipinski definition) is 4. The number of anilines is 1. The van der Waals surface area contributed by atoms with E-state index in [0.29, 0.717) is 17.1 Å². The third-order valence-corrected chi connectivity index (χ3v) is 3.97. The van der Waals surface area contributed by atoms with Crippen LogP contribution in [0.2, 0.25) is 0 Å². The summed E-state index contributed by atoms with van der Waals surface area (Å²) in [5.41, 5.74) is 8.83. The number of nitrogen functional groups attached to an aromatic ring is 1. The Hall–Kier alpha value is -3.15. The van der Waals surface area contributed by atoms with Gasteiger partial charge >= 0.3 is 0 Å². The maximum atomic E-state index is 12.4. The first kappa shape index (κ1) is 16.7. The Morgan fingerprint density at radius 3 is 2.72 bits per heavy atom. The standard InChI is InChI=1S/C19H21N5O/c1-11(13-9-23-17-12(13)6-5-7-21-17)8-22-18-15(20)14(10-24-18)16(25)19(2,3)4/h5-10,24H,1,20H2,2-4H3,(H,21,23)/b22-8-. The number of carbonyl (C=O) groups is 1. The van der Waals surface area contributed by atoms with Crippen molar-refractivity contribution in [1.29, 1.82) is 0 Å². The van der Waals surface area contributed by atoms with E-state index < -0.39 is 5.41 Å². The lowest BCUT2D eigenvalue weighted by Crippen LogP contribution is -2.20. The Morgan fingerprint density at radius 1 is 1.28 bits per heavy atom. The topological polar surface area (TPSA) is 99.9 Å². The van der Waals surface area contributed by atoms with E-state index in [0.717, 1.165) is 22.2 Å². The van der Waals surface area contributed by atoms with Crippen LogP contribution in [-0.4, -0.2) is 26.9 Å². The zero-order valence-corrected chi connectivity index (χ0v) is 14.6. The quantitative estimate of drug-likeness (QED) is 0.494. The Morgan fingerprint density at radius 2 is 2.00 bits per heavy atom. The summed E-state index contributed by atoms with van der Waals surface area (Å²) in [6.45, 7) is 9.63. The van der Waals surface area contributed by atoms with Crippen LogP contribution in [0.5, 0.6) is 0 Å². The molecular weight excluding hydrogens is 314 g/mol. The van der Waals surface area contributed by atoms with Crippen molar-refractivity contribution < 1.29 is 4.79 Å². The number of allylic oxidation sites excluding steroid dienone is 1. The molecule has 128 valence electrons. The van der Waals surface area contributed by atoms with E-state index in [1.54, 1.807) is 18.6 Å². The molecule has 0 amide bonds. The van der Waals surface area contributed by atoms with Crippen LogP contribution < -0.4 is 5.73 Å². The molecule has 0 radical (unpaired) electrons. The first-order valence-corrected chi connectivity index (χ1v) is 7.96. The molecule has 0 bridgehead atoms. The lowest BCUT2D eigenvalue weighted by atomic mass is 9.87. The Labute approximate surface area is 145 Å². The Balaban J connectivity index is 1.86. The minimum Gasteiger partial charge on any atom is -0.395 e. The van der Waals surface area contributed by atoms with Crippen LogP contribution in [0.1, 0.15) is 36.7 Å². The molecule has 4 N–H and O–H groups in total. The molecule has 6 heteroatoms. The number of rotatable bonds is 4. The number of aromatic nitrogens is 3. The van der Waals surface area contributed by atoms with Crippen LogP contribution in [0.4, 0.5) is 11.5 Å². The van der Waals surface area contributed by atoms with Gasteiger partial charge < -0.3 is 15.7 Å². The highest BCUT2D eigenvalue weighted by Gasteiger charge is 2.26. The highest BCUT2D eigenvalue weighted by atomic mass is 16.1. The molecule has 0 saturated heterocycles. The summed E-state index contributed by atoms with van der Waals surface area (Å²) in [5.74, 6) is 0.427. The van der Waals surface area contributed by atoms with Crippen molar-refractivity contribution in [2.45, 2.75) is 20.8 Å². The van der Waals surface area contributed by atoms with Gasteiger partial charge in [-0.3, -0.25) is 4.79 Å². The number of Topliss-reactive ketones (excluding diaryl/α,β-unsaturated/α-hetero) is 1. The molecule has 3 rings (SSSR count). The molecule has 0 aliphatic carbocycles. The number of nitrogens with zero attached hydrogens (tertiary/aromatic N) is 2. The molecule has 0 aliphatic heterocycles. The molecule has 0 fully saturated rings. The minimum atomic E-state index is -0.502. The monoisotopic (exact) mass is 335 g/mol.